The highest BCUT2D eigenvalue weighted by Crippen LogP contribution is 2.49. The lowest BCUT2D eigenvalue weighted by Gasteiger charge is -2.31. The molecule has 1 aliphatic carbocycles. The summed E-state index contributed by atoms with van der Waals surface area (Å²) in [5.41, 5.74) is 8.64. The van der Waals surface area contributed by atoms with Gasteiger partial charge in [-0.05, 0) is 29.6 Å². The molecule has 1 aromatic carbocycles. The lowest BCUT2D eigenvalue weighted by molar-refractivity contribution is 0.379. The third kappa shape index (κ3) is 2.36. The fraction of sp³-hybridized carbons (Fsp3) is 0.375. The molecule has 3 nitrogen and oxygen atoms in total. The molecule has 2 heterocycles. The van der Waals surface area contributed by atoms with Gasteiger partial charge in [-0.25, -0.2) is 0 Å². The van der Waals surface area contributed by atoms with Gasteiger partial charge in [0, 0.05) is 46.7 Å². The average molecular weight is 365 g/mol. The Hall–Kier alpha value is -0.750. The average Bonchev–Trinajstić information content (AvgIpc) is 2.86. The van der Waals surface area contributed by atoms with Crippen molar-refractivity contribution in [2.75, 3.05) is 6.54 Å². The number of rotatable bonds is 1. The van der Waals surface area contributed by atoms with Crippen LogP contribution in [0.15, 0.2) is 52.1 Å². The van der Waals surface area contributed by atoms with Crippen LogP contribution in [0.3, 0.4) is 0 Å². The van der Waals surface area contributed by atoms with Crippen molar-refractivity contribution in [3.05, 3.63) is 57.6 Å². The number of hydrazine groups is 1. The Morgan fingerprint density at radius 2 is 2.00 bits per heavy atom. The predicted octanol–water partition coefficient (Wildman–Crippen LogP) is 3.70. The monoisotopic (exact) mass is 364 g/mol. The lowest BCUT2D eigenvalue weighted by Crippen LogP contribution is -2.36. The van der Waals surface area contributed by atoms with Crippen LogP contribution in [0.2, 0.25) is 0 Å². The minimum Gasteiger partial charge on any atom is -0.611 e. The molecule has 3 aliphatic rings. The Kier molecular flexibility index (Phi) is 3.61. The van der Waals surface area contributed by atoms with Crippen molar-refractivity contribution >= 4 is 27.3 Å². The Balaban J connectivity index is 1.68. The third-order valence-electron chi connectivity index (χ3n) is 4.55. The molecule has 4 rings (SSSR count). The van der Waals surface area contributed by atoms with E-state index in [1.807, 2.05) is 22.2 Å². The first-order chi connectivity index (χ1) is 10.2. The third-order valence-corrected chi connectivity index (χ3v) is 6.97. The summed E-state index contributed by atoms with van der Waals surface area (Å²) in [5, 5.41) is 0.121. The summed E-state index contributed by atoms with van der Waals surface area (Å²) < 4.78 is 14.8. The number of hydrogen-bond acceptors (Lipinski definition) is 3. The Morgan fingerprint density at radius 1 is 1.19 bits per heavy atom. The summed E-state index contributed by atoms with van der Waals surface area (Å²) in [6, 6.07) is 10.3. The standard InChI is InChI=1S/C16H17BrN2OS/c17-19-9-8-12-6-7-14-13(16(12)18-19)10-15(21(14)20)11-4-2-1-3-5-11/h1-5,15,18H,6-10H2. The first-order valence-electron chi connectivity index (χ1n) is 7.34. The Morgan fingerprint density at radius 3 is 2.81 bits per heavy atom. The molecule has 5 heteroatoms. The molecule has 2 atom stereocenters. The first-order valence-corrected chi connectivity index (χ1v) is 9.26. The van der Waals surface area contributed by atoms with E-state index in [1.165, 1.54) is 22.4 Å². The quantitative estimate of drug-likeness (QED) is 0.609. The maximum Gasteiger partial charge on any atom is 0.150 e. The van der Waals surface area contributed by atoms with Gasteiger partial charge in [-0.1, -0.05) is 30.3 Å². The van der Waals surface area contributed by atoms with Crippen LogP contribution in [0.1, 0.15) is 36.5 Å². The molecule has 0 bridgehead atoms. The smallest absolute Gasteiger partial charge is 0.150 e. The molecule has 0 fully saturated rings. The van der Waals surface area contributed by atoms with E-state index in [9.17, 15) is 4.55 Å². The topological polar surface area (TPSA) is 38.3 Å². The van der Waals surface area contributed by atoms with Crippen molar-refractivity contribution in [3.8, 4) is 0 Å². The zero-order chi connectivity index (χ0) is 14.4. The first kappa shape index (κ1) is 13.9. The van der Waals surface area contributed by atoms with E-state index in [0.717, 1.165) is 37.1 Å². The van der Waals surface area contributed by atoms with E-state index < -0.39 is 11.2 Å². The second-order valence-electron chi connectivity index (χ2n) is 5.73. The van der Waals surface area contributed by atoms with Crippen LogP contribution in [-0.4, -0.2) is 15.1 Å². The van der Waals surface area contributed by atoms with Crippen LogP contribution in [-0.2, 0) is 11.2 Å². The van der Waals surface area contributed by atoms with Crippen LogP contribution >= 0.6 is 16.1 Å². The van der Waals surface area contributed by atoms with Crippen molar-refractivity contribution in [1.82, 2.24) is 9.46 Å². The minimum absolute atomic E-state index is 0.121. The van der Waals surface area contributed by atoms with Crippen LogP contribution in [0.25, 0.3) is 0 Å². The van der Waals surface area contributed by atoms with Gasteiger partial charge in [0.05, 0.1) is 5.70 Å². The van der Waals surface area contributed by atoms with Crippen LogP contribution in [0.5, 0.6) is 0 Å². The lowest BCUT2D eigenvalue weighted by atomic mass is 9.90. The van der Waals surface area contributed by atoms with Gasteiger partial charge in [0.15, 0.2) is 0 Å². The molecule has 21 heavy (non-hydrogen) atoms. The molecule has 110 valence electrons. The van der Waals surface area contributed by atoms with Gasteiger partial charge in [0.2, 0.25) is 0 Å². The van der Waals surface area contributed by atoms with Gasteiger partial charge in [-0.2, -0.15) is 4.03 Å². The second-order valence-corrected chi connectivity index (χ2v) is 8.24. The van der Waals surface area contributed by atoms with E-state index >= 15 is 0 Å². The fourth-order valence-corrected chi connectivity index (χ4v) is 5.63. The Labute approximate surface area is 136 Å². The summed E-state index contributed by atoms with van der Waals surface area (Å²) in [6.07, 6.45) is 4.00. The summed E-state index contributed by atoms with van der Waals surface area (Å²) in [5.74, 6) is 0. The van der Waals surface area contributed by atoms with Gasteiger partial charge in [0.1, 0.15) is 10.2 Å². The molecule has 0 spiro atoms. The van der Waals surface area contributed by atoms with Crippen LogP contribution in [0, 0.1) is 0 Å². The van der Waals surface area contributed by atoms with Crippen molar-refractivity contribution in [3.63, 3.8) is 0 Å². The zero-order valence-corrected chi connectivity index (χ0v) is 14.0. The number of nitrogens with one attached hydrogen (secondary N) is 1. The number of nitrogens with zero attached hydrogens (tertiary/aromatic N) is 1. The largest absolute Gasteiger partial charge is 0.611 e. The van der Waals surface area contributed by atoms with Gasteiger partial charge in [0.25, 0.3) is 0 Å². The summed E-state index contributed by atoms with van der Waals surface area (Å²) in [4.78, 5) is 1.16. The molecule has 0 amide bonds. The van der Waals surface area contributed by atoms with Crippen molar-refractivity contribution in [1.29, 1.82) is 0 Å². The Bertz CT molecular complexity index is 628. The zero-order valence-electron chi connectivity index (χ0n) is 11.6. The SMILES string of the molecule is [O-][S+]1C2=C(CC1c1ccccc1)C1=C(CC2)CCN(Br)N1. The maximum atomic E-state index is 12.9. The molecule has 0 radical (unpaired) electrons. The highest BCUT2D eigenvalue weighted by Gasteiger charge is 2.43. The highest BCUT2D eigenvalue weighted by molar-refractivity contribution is 9.07. The van der Waals surface area contributed by atoms with Crippen molar-refractivity contribution < 1.29 is 4.55 Å². The number of benzene rings is 1. The van der Waals surface area contributed by atoms with Gasteiger partial charge in [-0.15, -0.1) is 0 Å². The molecule has 0 aromatic heterocycles. The summed E-state index contributed by atoms with van der Waals surface area (Å²) in [6.45, 7) is 0.979. The van der Waals surface area contributed by atoms with Crippen LogP contribution in [0.4, 0.5) is 0 Å². The van der Waals surface area contributed by atoms with E-state index in [2.05, 4.69) is 33.7 Å². The fourth-order valence-electron chi connectivity index (χ4n) is 3.48. The van der Waals surface area contributed by atoms with Crippen molar-refractivity contribution in [2.24, 2.45) is 0 Å². The van der Waals surface area contributed by atoms with Crippen LogP contribution < -0.4 is 5.43 Å². The molecule has 1 N–H and O–H groups in total. The number of fused-ring (bicyclic) bond motifs is 1. The molecular weight excluding hydrogens is 348 g/mol. The molecule has 1 aromatic rings. The van der Waals surface area contributed by atoms with Gasteiger partial charge >= 0.3 is 0 Å². The van der Waals surface area contributed by atoms with E-state index in [1.54, 1.807) is 0 Å². The maximum absolute atomic E-state index is 12.9. The normalized spacial score (nSPS) is 29.2. The second kappa shape index (κ2) is 5.47. The van der Waals surface area contributed by atoms with E-state index in [0.29, 0.717) is 0 Å². The summed E-state index contributed by atoms with van der Waals surface area (Å²) >= 11 is 2.63. The molecule has 2 unspecified atom stereocenters. The van der Waals surface area contributed by atoms with E-state index in [4.69, 9.17) is 0 Å². The molecule has 2 aliphatic heterocycles. The molecule has 0 saturated carbocycles. The molecular formula is C16H17BrN2OS. The number of halogens is 1. The summed E-state index contributed by atoms with van der Waals surface area (Å²) in [7, 11) is 0. The predicted molar refractivity (Wildman–Crippen MR) is 88.6 cm³/mol. The number of allylic oxidation sites excluding steroid dienone is 2. The molecule has 0 saturated heterocycles. The number of hydrogen-bond donors (Lipinski definition) is 1. The minimum atomic E-state index is -0.883. The van der Waals surface area contributed by atoms with E-state index in [-0.39, 0.29) is 5.25 Å². The van der Waals surface area contributed by atoms with Gasteiger partial charge < -0.3 is 9.98 Å². The van der Waals surface area contributed by atoms with Gasteiger partial charge in [-0.3, -0.25) is 0 Å². The highest BCUT2D eigenvalue weighted by atomic mass is 79.9. The van der Waals surface area contributed by atoms with Crippen molar-refractivity contribution in [2.45, 2.75) is 30.9 Å².